The lowest BCUT2D eigenvalue weighted by Crippen LogP contribution is -2.20. The maximum atomic E-state index is 5.24. The molecule has 0 aromatic carbocycles. The molecule has 1 atom stereocenters. The molecule has 1 aliphatic carbocycles. The van der Waals surface area contributed by atoms with Crippen molar-refractivity contribution in [3.8, 4) is 0 Å². The van der Waals surface area contributed by atoms with E-state index in [9.17, 15) is 0 Å². The van der Waals surface area contributed by atoms with E-state index >= 15 is 0 Å². The van der Waals surface area contributed by atoms with Crippen molar-refractivity contribution >= 4 is 5.95 Å². The van der Waals surface area contributed by atoms with Crippen molar-refractivity contribution in [2.24, 2.45) is 5.92 Å². The van der Waals surface area contributed by atoms with Gasteiger partial charge in [-0.25, -0.2) is 4.98 Å². The average molecular weight is 265 g/mol. The number of aromatic nitrogens is 2. The number of nitrogens with one attached hydrogen (secondary N) is 1. The van der Waals surface area contributed by atoms with Crippen molar-refractivity contribution in [3.05, 3.63) is 11.9 Å². The van der Waals surface area contributed by atoms with Crippen LogP contribution in [0.2, 0.25) is 0 Å². The number of methoxy groups -OCH3 is 1. The third-order valence-corrected chi connectivity index (χ3v) is 4.01. The normalized spacial score (nSPS) is 18.5. The summed E-state index contributed by atoms with van der Waals surface area (Å²) >= 11 is 0. The topological polar surface area (TPSA) is 39.1 Å². The minimum Gasteiger partial charge on any atom is -0.383 e. The van der Waals surface area contributed by atoms with Gasteiger partial charge in [-0.3, -0.25) is 0 Å². The Morgan fingerprint density at radius 2 is 2.16 bits per heavy atom. The molecule has 0 spiro atoms. The second-order valence-corrected chi connectivity index (χ2v) is 5.80. The Hall–Kier alpha value is -1.03. The number of ether oxygens (including phenoxy) is 1. The van der Waals surface area contributed by atoms with E-state index in [1.165, 1.54) is 32.1 Å². The van der Waals surface area contributed by atoms with Gasteiger partial charge in [-0.05, 0) is 32.6 Å². The Labute approximate surface area is 116 Å². The highest BCUT2D eigenvalue weighted by Crippen LogP contribution is 2.24. The fourth-order valence-corrected chi connectivity index (χ4v) is 2.93. The van der Waals surface area contributed by atoms with E-state index in [1.54, 1.807) is 7.11 Å². The van der Waals surface area contributed by atoms with Crippen LogP contribution in [0.1, 0.15) is 50.8 Å². The Morgan fingerprint density at radius 3 is 2.84 bits per heavy atom. The number of nitrogens with zero attached hydrogens (tertiary/aromatic N) is 2. The van der Waals surface area contributed by atoms with Gasteiger partial charge in [-0.2, -0.15) is 0 Å². The fourth-order valence-electron chi connectivity index (χ4n) is 2.93. The summed E-state index contributed by atoms with van der Waals surface area (Å²) in [5, 5.41) is 3.54. The lowest BCUT2D eigenvalue weighted by atomic mass is 9.89. The second-order valence-electron chi connectivity index (χ2n) is 5.80. The molecule has 1 heterocycles. The molecule has 0 radical (unpaired) electrons. The molecule has 1 saturated carbocycles. The van der Waals surface area contributed by atoms with Crippen LogP contribution in [0.15, 0.2) is 6.20 Å². The number of hydrogen-bond acceptors (Lipinski definition) is 3. The number of imidazole rings is 1. The lowest BCUT2D eigenvalue weighted by molar-refractivity contribution is 0.163. The third-order valence-electron chi connectivity index (χ3n) is 4.01. The van der Waals surface area contributed by atoms with Crippen LogP contribution in [0.5, 0.6) is 0 Å². The summed E-state index contributed by atoms with van der Waals surface area (Å²) in [6, 6.07) is 0.319. The lowest BCUT2D eigenvalue weighted by Gasteiger charge is -2.23. The van der Waals surface area contributed by atoms with E-state index in [-0.39, 0.29) is 0 Å². The van der Waals surface area contributed by atoms with E-state index in [0.717, 1.165) is 24.1 Å². The molecular formula is C15H27N3O. The van der Waals surface area contributed by atoms with Crippen LogP contribution in [0.3, 0.4) is 0 Å². The Kier molecular flexibility index (Phi) is 5.25. The van der Waals surface area contributed by atoms with E-state index in [0.29, 0.717) is 12.6 Å². The maximum absolute atomic E-state index is 5.24. The highest BCUT2D eigenvalue weighted by Gasteiger charge is 2.16. The first-order chi connectivity index (χ1) is 9.20. The SMILES string of the molecule is COCC(C)n1cc(C)nc1NCC1CCCCC1. The Bertz CT molecular complexity index is 383. The standard InChI is InChI=1S/C15H27N3O/c1-12-10-18(13(2)11-19-3)15(17-12)16-9-14-7-5-4-6-8-14/h10,13-14H,4-9,11H2,1-3H3,(H,16,17). The first-order valence-electron chi connectivity index (χ1n) is 7.49. The predicted octanol–water partition coefficient (Wildman–Crippen LogP) is 3.39. The van der Waals surface area contributed by atoms with Gasteiger partial charge in [0.1, 0.15) is 0 Å². The highest BCUT2D eigenvalue weighted by atomic mass is 16.5. The quantitative estimate of drug-likeness (QED) is 0.857. The molecule has 0 saturated heterocycles. The molecule has 19 heavy (non-hydrogen) atoms. The molecule has 1 N–H and O–H groups in total. The molecule has 108 valence electrons. The zero-order valence-electron chi connectivity index (χ0n) is 12.5. The van der Waals surface area contributed by atoms with Crippen LogP contribution in [0.4, 0.5) is 5.95 Å². The smallest absolute Gasteiger partial charge is 0.203 e. The largest absolute Gasteiger partial charge is 0.383 e. The number of rotatable bonds is 6. The molecule has 1 aliphatic rings. The average Bonchev–Trinajstić information content (AvgIpc) is 2.79. The van der Waals surface area contributed by atoms with E-state index in [4.69, 9.17) is 4.74 Å². The zero-order chi connectivity index (χ0) is 13.7. The van der Waals surface area contributed by atoms with Gasteiger partial charge >= 0.3 is 0 Å². The molecule has 4 nitrogen and oxygen atoms in total. The van der Waals surface area contributed by atoms with Crippen molar-refractivity contribution in [2.45, 2.75) is 52.0 Å². The van der Waals surface area contributed by atoms with Crippen molar-refractivity contribution in [1.82, 2.24) is 9.55 Å². The summed E-state index contributed by atoms with van der Waals surface area (Å²) in [5.74, 6) is 1.81. The van der Waals surface area contributed by atoms with Gasteiger partial charge in [-0.15, -0.1) is 0 Å². The molecule has 4 heteroatoms. The van der Waals surface area contributed by atoms with E-state index < -0.39 is 0 Å². The summed E-state index contributed by atoms with van der Waals surface area (Å²) in [4.78, 5) is 4.59. The first-order valence-corrected chi connectivity index (χ1v) is 7.49. The third kappa shape index (κ3) is 3.96. The monoisotopic (exact) mass is 265 g/mol. The van der Waals surface area contributed by atoms with E-state index in [1.807, 2.05) is 6.92 Å². The number of anilines is 1. The number of hydrogen-bond donors (Lipinski definition) is 1. The Morgan fingerprint density at radius 1 is 1.42 bits per heavy atom. The van der Waals surface area contributed by atoms with Crippen LogP contribution in [-0.2, 0) is 4.74 Å². The maximum Gasteiger partial charge on any atom is 0.203 e. The Balaban J connectivity index is 1.94. The predicted molar refractivity (Wildman–Crippen MR) is 78.6 cm³/mol. The zero-order valence-corrected chi connectivity index (χ0v) is 12.5. The summed E-state index contributed by atoms with van der Waals surface area (Å²) < 4.78 is 7.44. The van der Waals surface area contributed by atoms with Gasteiger partial charge in [0, 0.05) is 19.9 Å². The van der Waals surface area contributed by atoms with Gasteiger partial charge in [0.05, 0.1) is 18.3 Å². The van der Waals surface area contributed by atoms with Crippen LogP contribution in [-0.4, -0.2) is 29.8 Å². The first kappa shape index (κ1) is 14.4. The molecule has 0 bridgehead atoms. The van der Waals surface area contributed by atoms with Crippen molar-refractivity contribution in [3.63, 3.8) is 0 Å². The number of aryl methyl sites for hydroxylation is 1. The van der Waals surface area contributed by atoms with Crippen LogP contribution in [0, 0.1) is 12.8 Å². The van der Waals surface area contributed by atoms with Gasteiger partial charge in [0.25, 0.3) is 0 Å². The highest BCUT2D eigenvalue weighted by molar-refractivity contribution is 5.29. The van der Waals surface area contributed by atoms with Crippen LogP contribution in [0.25, 0.3) is 0 Å². The summed E-state index contributed by atoms with van der Waals surface area (Å²) in [6.07, 6.45) is 9.02. The van der Waals surface area contributed by atoms with E-state index in [2.05, 4.69) is 28.0 Å². The van der Waals surface area contributed by atoms with Gasteiger partial charge in [-0.1, -0.05) is 19.3 Å². The van der Waals surface area contributed by atoms with Crippen molar-refractivity contribution < 1.29 is 4.74 Å². The summed E-state index contributed by atoms with van der Waals surface area (Å²) in [7, 11) is 1.75. The van der Waals surface area contributed by atoms with Crippen molar-refractivity contribution in [1.29, 1.82) is 0 Å². The minimum atomic E-state index is 0.319. The van der Waals surface area contributed by atoms with Gasteiger partial charge < -0.3 is 14.6 Å². The molecule has 1 unspecified atom stereocenters. The van der Waals surface area contributed by atoms with Crippen LogP contribution < -0.4 is 5.32 Å². The second kappa shape index (κ2) is 6.94. The van der Waals surface area contributed by atoms with Gasteiger partial charge in [0.2, 0.25) is 5.95 Å². The molecule has 1 fully saturated rings. The molecule has 1 aromatic heterocycles. The van der Waals surface area contributed by atoms with Gasteiger partial charge in [0.15, 0.2) is 0 Å². The molecule has 2 rings (SSSR count). The molecule has 1 aromatic rings. The molecule has 0 amide bonds. The van der Waals surface area contributed by atoms with Crippen LogP contribution >= 0.6 is 0 Å². The fraction of sp³-hybridized carbons (Fsp3) is 0.800. The van der Waals surface area contributed by atoms with Crippen molar-refractivity contribution in [2.75, 3.05) is 25.6 Å². The molecular weight excluding hydrogens is 238 g/mol. The molecule has 0 aliphatic heterocycles. The minimum absolute atomic E-state index is 0.319. The summed E-state index contributed by atoms with van der Waals surface area (Å²) in [6.45, 7) is 5.97. The summed E-state index contributed by atoms with van der Waals surface area (Å²) in [5.41, 5.74) is 1.06.